The van der Waals surface area contributed by atoms with Crippen molar-refractivity contribution >= 4 is 22.6 Å². The molecule has 0 unspecified atom stereocenters. The van der Waals surface area contributed by atoms with Crippen LogP contribution >= 0.6 is 11.5 Å². The molecule has 0 saturated carbocycles. The molecular formula is C23H19N3O3S. The lowest BCUT2D eigenvalue weighted by atomic mass is 10.2. The maximum absolute atomic E-state index is 12.7. The summed E-state index contributed by atoms with van der Waals surface area (Å²) in [6.07, 6.45) is 0. The molecule has 7 heteroatoms. The average Bonchev–Trinajstić information content (AvgIpc) is 3.27. The number of carbonyl (C=O) groups is 1. The van der Waals surface area contributed by atoms with E-state index in [-0.39, 0.29) is 5.91 Å². The molecule has 4 aromatic rings. The molecule has 0 aliphatic rings. The van der Waals surface area contributed by atoms with E-state index in [2.05, 4.69) is 14.7 Å². The van der Waals surface area contributed by atoms with E-state index in [1.165, 1.54) is 0 Å². The van der Waals surface area contributed by atoms with Gasteiger partial charge in [-0.25, -0.2) is 0 Å². The largest absolute Gasteiger partial charge is 0.493 e. The number of amides is 1. The summed E-state index contributed by atoms with van der Waals surface area (Å²) >= 11 is 1.14. The van der Waals surface area contributed by atoms with Gasteiger partial charge in [0.15, 0.2) is 17.3 Å². The van der Waals surface area contributed by atoms with Crippen LogP contribution in [-0.2, 0) is 6.61 Å². The van der Waals surface area contributed by atoms with Gasteiger partial charge in [-0.2, -0.15) is 9.36 Å². The number of nitrogens with one attached hydrogen (secondary N) is 1. The highest BCUT2D eigenvalue weighted by atomic mass is 32.1. The van der Waals surface area contributed by atoms with Gasteiger partial charge in [0.1, 0.15) is 6.61 Å². The molecule has 1 aromatic heterocycles. The molecular weight excluding hydrogens is 398 g/mol. The molecule has 0 bridgehead atoms. The Morgan fingerprint density at radius 2 is 1.70 bits per heavy atom. The molecule has 0 aliphatic heterocycles. The van der Waals surface area contributed by atoms with Crippen molar-refractivity contribution < 1.29 is 14.3 Å². The van der Waals surface area contributed by atoms with Gasteiger partial charge in [0.2, 0.25) is 5.13 Å². The second kappa shape index (κ2) is 9.19. The zero-order valence-corrected chi connectivity index (χ0v) is 17.1. The van der Waals surface area contributed by atoms with Gasteiger partial charge in [0.25, 0.3) is 5.91 Å². The Bertz CT molecular complexity index is 1130. The second-order valence-corrected chi connectivity index (χ2v) is 7.14. The minimum atomic E-state index is -0.293. The van der Waals surface area contributed by atoms with Crippen molar-refractivity contribution in [3.8, 4) is 22.9 Å². The van der Waals surface area contributed by atoms with Crippen molar-refractivity contribution in [2.75, 3.05) is 12.4 Å². The maximum atomic E-state index is 12.7. The molecule has 6 nitrogen and oxygen atoms in total. The number of benzene rings is 3. The molecule has 4 rings (SSSR count). The predicted octanol–water partition coefficient (Wildman–Crippen LogP) is 5.05. The molecule has 3 aromatic carbocycles. The topological polar surface area (TPSA) is 73.3 Å². The van der Waals surface area contributed by atoms with E-state index in [1.807, 2.05) is 60.7 Å². The van der Waals surface area contributed by atoms with Crippen LogP contribution in [0.3, 0.4) is 0 Å². The van der Waals surface area contributed by atoms with E-state index < -0.39 is 0 Å². The van der Waals surface area contributed by atoms with E-state index in [1.54, 1.807) is 25.3 Å². The number of methoxy groups -OCH3 is 1. The number of hydrogen-bond acceptors (Lipinski definition) is 6. The van der Waals surface area contributed by atoms with Crippen LogP contribution in [0.1, 0.15) is 15.9 Å². The molecule has 0 fully saturated rings. The van der Waals surface area contributed by atoms with Crippen LogP contribution in [0.4, 0.5) is 5.13 Å². The van der Waals surface area contributed by atoms with Crippen LogP contribution in [0.15, 0.2) is 78.9 Å². The number of hydrogen-bond donors (Lipinski definition) is 1. The molecule has 0 atom stereocenters. The van der Waals surface area contributed by atoms with Gasteiger partial charge in [-0.3, -0.25) is 10.1 Å². The minimum absolute atomic E-state index is 0.293. The van der Waals surface area contributed by atoms with Crippen molar-refractivity contribution in [3.05, 3.63) is 90.0 Å². The van der Waals surface area contributed by atoms with Gasteiger partial charge < -0.3 is 9.47 Å². The molecule has 150 valence electrons. The summed E-state index contributed by atoms with van der Waals surface area (Å²) in [4.78, 5) is 17.0. The Kier molecular flexibility index (Phi) is 6.01. The number of ether oxygens (including phenoxy) is 2. The van der Waals surface area contributed by atoms with Crippen LogP contribution < -0.4 is 14.8 Å². The molecule has 1 heterocycles. The zero-order chi connectivity index (χ0) is 20.8. The van der Waals surface area contributed by atoms with Crippen LogP contribution in [0.5, 0.6) is 11.5 Å². The monoisotopic (exact) mass is 417 g/mol. The van der Waals surface area contributed by atoms with Crippen molar-refractivity contribution in [2.45, 2.75) is 6.61 Å². The third-order valence-corrected chi connectivity index (χ3v) is 4.97. The first kappa shape index (κ1) is 19.6. The lowest BCUT2D eigenvalue weighted by molar-refractivity contribution is 0.102. The van der Waals surface area contributed by atoms with E-state index >= 15 is 0 Å². The number of carbonyl (C=O) groups excluding carboxylic acids is 1. The molecule has 0 radical (unpaired) electrons. The van der Waals surface area contributed by atoms with Crippen molar-refractivity contribution in [2.24, 2.45) is 0 Å². The zero-order valence-electron chi connectivity index (χ0n) is 16.2. The molecule has 0 aliphatic carbocycles. The minimum Gasteiger partial charge on any atom is -0.493 e. The molecule has 0 spiro atoms. The quantitative estimate of drug-likeness (QED) is 0.456. The Hall–Kier alpha value is -3.71. The third-order valence-electron chi connectivity index (χ3n) is 4.34. The van der Waals surface area contributed by atoms with Gasteiger partial charge in [0.05, 0.1) is 7.11 Å². The summed E-state index contributed by atoms with van der Waals surface area (Å²) in [6.45, 7) is 0.412. The third kappa shape index (κ3) is 4.64. The van der Waals surface area contributed by atoms with Crippen LogP contribution in [0.2, 0.25) is 0 Å². The standard InChI is InChI=1S/C23H19N3O3S/c1-28-20-14-18(12-13-19(20)29-15-16-8-4-2-5-9-16)22(27)25-23-24-21(26-30-23)17-10-6-3-7-11-17/h2-14H,15H2,1H3,(H,24,25,26,27). The average molecular weight is 417 g/mol. The Labute approximate surface area is 178 Å². The number of anilines is 1. The van der Waals surface area contributed by atoms with Gasteiger partial charge in [0, 0.05) is 22.7 Å². The van der Waals surface area contributed by atoms with Crippen molar-refractivity contribution in [1.82, 2.24) is 9.36 Å². The number of rotatable bonds is 7. The Morgan fingerprint density at radius 1 is 0.967 bits per heavy atom. The number of aromatic nitrogens is 2. The van der Waals surface area contributed by atoms with E-state index in [9.17, 15) is 4.79 Å². The lowest BCUT2D eigenvalue weighted by Crippen LogP contribution is -2.12. The molecule has 1 amide bonds. The van der Waals surface area contributed by atoms with Crippen molar-refractivity contribution in [1.29, 1.82) is 0 Å². The van der Waals surface area contributed by atoms with Gasteiger partial charge in [-0.1, -0.05) is 60.7 Å². The summed E-state index contributed by atoms with van der Waals surface area (Å²) in [5.41, 5.74) is 2.39. The first-order valence-electron chi connectivity index (χ1n) is 9.28. The van der Waals surface area contributed by atoms with Gasteiger partial charge in [-0.15, -0.1) is 0 Å². The highest BCUT2D eigenvalue weighted by Crippen LogP contribution is 2.29. The Morgan fingerprint density at radius 3 is 2.43 bits per heavy atom. The summed E-state index contributed by atoms with van der Waals surface area (Å²) in [5, 5.41) is 3.22. The van der Waals surface area contributed by atoms with Crippen LogP contribution in [-0.4, -0.2) is 22.4 Å². The van der Waals surface area contributed by atoms with E-state index in [0.717, 1.165) is 22.7 Å². The Balaban J connectivity index is 1.44. The smallest absolute Gasteiger partial charge is 0.257 e. The highest BCUT2D eigenvalue weighted by molar-refractivity contribution is 7.10. The van der Waals surface area contributed by atoms with Crippen molar-refractivity contribution in [3.63, 3.8) is 0 Å². The first-order chi connectivity index (χ1) is 14.7. The summed E-state index contributed by atoms with van der Waals surface area (Å²) in [7, 11) is 1.54. The maximum Gasteiger partial charge on any atom is 0.257 e. The summed E-state index contributed by atoms with van der Waals surface area (Å²) in [5.74, 6) is 1.35. The fourth-order valence-electron chi connectivity index (χ4n) is 2.81. The second-order valence-electron chi connectivity index (χ2n) is 6.38. The highest BCUT2D eigenvalue weighted by Gasteiger charge is 2.14. The SMILES string of the molecule is COc1cc(C(=O)Nc2nc(-c3ccccc3)ns2)ccc1OCc1ccccc1. The van der Waals surface area contributed by atoms with Crippen LogP contribution in [0, 0.1) is 0 Å². The molecule has 0 saturated heterocycles. The first-order valence-corrected chi connectivity index (χ1v) is 10.1. The lowest BCUT2D eigenvalue weighted by Gasteiger charge is -2.12. The predicted molar refractivity (Wildman–Crippen MR) is 117 cm³/mol. The number of nitrogens with zero attached hydrogens (tertiary/aromatic N) is 2. The summed E-state index contributed by atoms with van der Waals surface area (Å²) in [6, 6.07) is 24.5. The van der Waals surface area contributed by atoms with Gasteiger partial charge >= 0.3 is 0 Å². The van der Waals surface area contributed by atoms with Crippen LogP contribution in [0.25, 0.3) is 11.4 Å². The molecule has 1 N–H and O–H groups in total. The van der Waals surface area contributed by atoms with E-state index in [0.29, 0.717) is 34.6 Å². The summed E-state index contributed by atoms with van der Waals surface area (Å²) < 4.78 is 15.6. The van der Waals surface area contributed by atoms with E-state index in [4.69, 9.17) is 9.47 Å². The normalized spacial score (nSPS) is 10.4. The molecule has 30 heavy (non-hydrogen) atoms. The fraction of sp³-hybridized carbons (Fsp3) is 0.0870. The fourth-order valence-corrected chi connectivity index (χ4v) is 3.40. The van der Waals surface area contributed by atoms with Gasteiger partial charge in [-0.05, 0) is 23.8 Å².